The molecule has 2 aliphatic carbocycles. The summed E-state index contributed by atoms with van der Waals surface area (Å²) in [6.45, 7) is 0. The number of hydrogen-bond donors (Lipinski definition) is 0. The first kappa shape index (κ1) is 49.3. The Labute approximate surface area is 384 Å². The van der Waals surface area contributed by atoms with Crippen molar-refractivity contribution in [3.8, 4) is 0 Å². The molecule has 0 unspecified atom stereocenters. The van der Waals surface area contributed by atoms with Crippen LogP contribution in [-0.2, 0) is 10.8 Å². The third kappa shape index (κ3) is 14.9. The van der Waals surface area contributed by atoms with Crippen LogP contribution in [0.3, 0.4) is 0 Å². The predicted molar refractivity (Wildman–Crippen MR) is 269 cm³/mol. The molecule has 0 spiro atoms. The van der Waals surface area contributed by atoms with Gasteiger partial charge in [-0.05, 0) is 117 Å². The molecule has 61 heavy (non-hydrogen) atoms. The summed E-state index contributed by atoms with van der Waals surface area (Å²) in [5, 5.41) is 0. The summed E-state index contributed by atoms with van der Waals surface area (Å²) < 4.78 is 4.25. The zero-order valence-electron chi connectivity index (χ0n) is 37.8. The van der Waals surface area contributed by atoms with Gasteiger partial charge in [0.15, 0.2) is 11.4 Å². The first-order chi connectivity index (χ1) is 28.7. The van der Waals surface area contributed by atoms with Gasteiger partial charge in [0.05, 0.1) is 0 Å². The molecule has 320 valence electrons. The molecule has 6 nitrogen and oxygen atoms in total. The van der Waals surface area contributed by atoms with E-state index in [0.717, 1.165) is 0 Å². The van der Waals surface area contributed by atoms with Crippen molar-refractivity contribution < 1.29 is 20.0 Å². The van der Waals surface area contributed by atoms with Crippen LogP contribution in [0, 0.1) is 0 Å². The molecule has 0 atom stereocenters. The summed E-state index contributed by atoms with van der Waals surface area (Å²) in [6, 6.07) is 35.1. The van der Waals surface area contributed by atoms with Crippen LogP contribution in [0.2, 0.25) is 0 Å². The maximum atomic E-state index is 5.05. The van der Waals surface area contributed by atoms with Gasteiger partial charge < -0.3 is 19.6 Å². The van der Waals surface area contributed by atoms with E-state index in [2.05, 4.69) is 259 Å². The number of anilines is 4. The van der Waals surface area contributed by atoms with Gasteiger partial charge in [-0.2, -0.15) is 0 Å². The average molecular weight is 952 g/mol. The summed E-state index contributed by atoms with van der Waals surface area (Å²) in [4.78, 5) is 8.50. The van der Waals surface area contributed by atoms with E-state index in [1.54, 1.807) is 0 Å². The van der Waals surface area contributed by atoms with Crippen LogP contribution in [-0.4, -0.2) is 105 Å². The normalized spacial score (nSPS) is 12.9. The molecule has 0 saturated heterocycles. The van der Waals surface area contributed by atoms with Crippen LogP contribution in [0.4, 0.5) is 22.7 Å². The number of halogens is 4. The number of benzene rings is 4. The van der Waals surface area contributed by atoms with Crippen LogP contribution >= 0.6 is 38.8 Å². The van der Waals surface area contributed by atoms with Crippen molar-refractivity contribution in [2.24, 2.45) is 0 Å². The maximum absolute atomic E-state index is 5.05. The van der Waals surface area contributed by atoms with Crippen molar-refractivity contribution in [3.05, 3.63) is 179 Å². The molecule has 11 heteroatoms. The SMILES string of the molecule is CN(C)c1ccc(C(=C2C=CC(=[N+](C)C)C=C2)c2ccc(N(C)C)cc2)cc1.CN(C)c1ccc(C(=C2C=CC(=[N+](C)C)C=C2)c2ccc(N(C)C)cc2)cc1.[Cl][Zn-2]([Cl])([Cl])[Cl]. The van der Waals surface area contributed by atoms with Gasteiger partial charge in [-0.25, -0.2) is 9.15 Å². The quantitative estimate of drug-likeness (QED) is 0.129. The van der Waals surface area contributed by atoms with Crippen molar-refractivity contribution in [1.29, 1.82) is 0 Å². The monoisotopic (exact) mass is 948 g/mol. The fourth-order valence-corrected chi connectivity index (χ4v) is 6.56. The zero-order valence-corrected chi connectivity index (χ0v) is 43.7. The Hall–Kier alpha value is -4.36. The Bertz CT molecular complexity index is 2040. The van der Waals surface area contributed by atoms with E-state index in [1.807, 2.05) is 0 Å². The van der Waals surface area contributed by atoms with E-state index >= 15 is 0 Å². The average Bonchev–Trinajstić information content (AvgIpc) is 3.22. The summed E-state index contributed by atoms with van der Waals surface area (Å²) in [6.07, 6.45) is 17.6. The molecule has 4 aromatic rings. The Morgan fingerprint density at radius 3 is 0.672 bits per heavy atom. The number of allylic oxidation sites excluding steroid dienone is 10. The Morgan fingerprint density at radius 1 is 0.344 bits per heavy atom. The summed E-state index contributed by atoms with van der Waals surface area (Å²) in [5.41, 5.74) is 17.1. The molecule has 0 bridgehead atoms. The molecule has 6 rings (SSSR count). The molecule has 0 heterocycles. The van der Waals surface area contributed by atoms with Crippen molar-refractivity contribution in [2.75, 3.05) is 104 Å². The second kappa shape index (κ2) is 22.7. The van der Waals surface area contributed by atoms with Gasteiger partial charge in [-0.15, -0.1) is 0 Å². The molecule has 0 aromatic heterocycles. The molecular formula is C50H60Cl4N6Zn. The molecule has 0 aliphatic heterocycles. The van der Waals surface area contributed by atoms with Crippen LogP contribution < -0.4 is 19.6 Å². The second-order valence-corrected chi connectivity index (χ2v) is 43.7. The number of nitrogens with zero attached hydrogens (tertiary/aromatic N) is 6. The fraction of sp³-hybridized carbons (Fsp3) is 0.240. The molecule has 0 radical (unpaired) electrons. The summed E-state index contributed by atoms with van der Waals surface area (Å²) in [7, 11) is 41.6. The topological polar surface area (TPSA) is 19.0 Å². The molecule has 2 aliphatic rings. The van der Waals surface area contributed by atoms with Gasteiger partial charge in [0, 0.05) is 103 Å². The Morgan fingerprint density at radius 2 is 0.525 bits per heavy atom. The van der Waals surface area contributed by atoms with Crippen LogP contribution in [0.15, 0.2) is 157 Å². The molecule has 4 aromatic carbocycles. The minimum absolute atomic E-state index is 1.20. The first-order valence-electron chi connectivity index (χ1n) is 20.2. The number of rotatable bonds is 8. The Balaban J connectivity index is 0.000000242. The van der Waals surface area contributed by atoms with Gasteiger partial charge in [0.1, 0.15) is 28.2 Å². The number of hydrogen-bond acceptors (Lipinski definition) is 4. The molecule has 0 amide bonds. The van der Waals surface area contributed by atoms with Crippen molar-refractivity contribution in [2.45, 2.75) is 0 Å². The molecular weight excluding hydrogens is 892 g/mol. The standard InChI is InChI=1S/2C25H30N3.4ClH.Zn/c2*1-26(2)22-13-7-19(8-14-22)25(20-9-15-23(16-10-20)27(3)4)21-11-17-24(18-12-21)28(5)6;;;;;/h2*7-18H,1-6H3;4*1H;/q2*+1;;;;;+2/p-4. The van der Waals surface area contributed by atoms with E-state index in [0.29, 0.717) is 0 Å². The summed E-state index contributed by atoms with van der Waals surface area (Å²) >= 11 is 0. The molecule has 0 fully saturated rings. The van der Waals surface area contributed by atoms with Crippen molar-refractivity contribution in [1.82, 2.24) is 0 Å². The fourth-order valence-electron chi connectivity index (χ4n) is 6.56. The van der Waals surface area contributed by atoms with E-state index in [-0.39, 0.29) is 0 Å². The van der Waals surface area contributed by atoms with Crippen molar-refractivity contribution in [3.63, 3.8) is 0 Å². The van der Waals surface area contributed by atoms with E-state index in [9.17, 15) is 0 Å². The van der Waals surface area contributed by atoms with E-state index in [1.165, 1.54) is 78.7 Å². The Kier molecular flexibility index (Phi) is 18.3. The molecule has 0 saturated carbocycles. The third-order valence-electron chi connectivity index (χ3n) is 10.0. The molecule has 0 N–H and O–H groups in total. The van der Waals surface area contributed by atoms with Gasteiger partial charge in [-0.1, -0.05) is 48.5 Å². The first-order valence-corrected chi connectivity index (χ1v) is 35.8. The van der Waals surface area contributed by atoms with E-state index in [4.69, 9.17) is 38.8 Å². The van der Waals surface area contributed by atoms with Gasteiger partial charge in [0.25, 0.3) is 0 Å². The van der Waals surface area contributed by atoms with Gasteiger partial charge in [-0.3, -0.25) is 0 Å². The van der Waals surface area contributed by atoms with Crippen LogP contribution in [0.1, 0.15) is 22.3 Å². The summed E-state index contributed by atoms with van der Waals surface area (Å²) in [5.74, 6) is 0. The van der Waals surface area contributed by atoms with E-state index < -0.39 is 10.8 Å². The van der Waals surface area contributed by atoms with Crippen LogP contribution in [0.5, 0.6) is 0 Å². The third-order valence-corrected chi connectivity index (χ3v) is 10.0. The zero-order chi connectivity index (χ0) is 45.0. The minimum atomic E-state index is -3.36. The second-order valence-electron chi connectivity index (χ2n) is 16.0. The van der Waals surface area contributed by atoms with Crippen molar-refractivity contribution >= 4 is 84.1 Å². The predicted octanol–water partition coefficient (Wildman–Crippen LogP) is 11.7. The van der Waals surface area contributed by atoms with Gasteiger partial charge >= 0.3 is 49.6 Å². The van der Waals surface area contributed by atoms with Crippen LogP contribution in [0.25, 0.3) is 11.1 Å². The van der Waals surface area contributed by atoms with Gasteiger partial charge in [0.2, 0.25) is 0 Å².